The van der Waals surface area contributed by atoms with Crippen molar-refractivity contribution in [1.29, 1.82) is 0 Å². The zero-order valence-electron chi connectivity index (χ0n) is 14.5. The molecule has 1 saturated carbocycles. The molecule has 2 fully saturated rings. The predicted molar refractivity (Wildman–Crippen MR) is 90.1 cm³/mol. The number of piperazine rings is 1. The van der Waals surface area contributed by atoms with E-state index in [1.54, 1.807) is 12.3 Å². The maximum Gasteiger partial charge on any atom is 0.251 e. The molecule has 0 bridgehead atoms. The largest absolute Gasteiger partial charge is 0.478 e. The van der Waals surface area contributed by atoms with E-state index in [4.69, 9.17) is 9.47 Å². The smallest absolute Gasteiger partial charge is 0.251 e. The van der Waals surface area contributed by atoms with Crippen molar-refractivity contribution in [3.05, 3.63) is 12.3 Å². The third-order valence-corrected chi connectivity index (χ3v) is 4.41. The molecule has 1 saturated heterocycles. The average Bonchev–Trinajstić information content (AvgIpc) is 3.44. The van der Waals surface area contributed by atoms with Crippen molar-refractivity contribution in [2.45, 2.75) is 32.8 Å². The van der Waals surface area contributed by atoms with E-state index in [1.165, 1.54) is 12.8 Å². The molecule has 1 atom stereocenters. The molecule has 3 rings (SSSR count). The van der Waals surface area contributed by atoms with Gasteiger partial charge in [-0.15, -0.1) is 0 Å². The van der Waals surface area contributed by atoms with Crippen LogP contribution in [0.5, 0.6) is 5.88 Å². The van der Waals surface area contributed by atoms with Gasteiger partial charge in [-0.05, 0) is 32.6 Å². The van der Waals surface area contributed by atoms with Gasteiger partial charge in [-0.25, -0.2) is 4.98 Å². The number of hydrogen-bond donors (Lipinski definition) is 0. The van der Waals surface area contributed by atoms with Crippen LogP contribution in [-0.2, 0) is 9.53 Å². The Morgan fingerprint density at radius 3 is 2.75 bits per heavy atom. The van der Waals surface area contributed by atoms with Crippen molar-refractivity contribution in [3.63, 3.8) is 0 Å². The monoisotopic (exact) mass is 334 g/mol. The Hall–Kier alpha value is -1.89. The summed E-state index contributed by atoms with van der Waals surface area (Å²) in [5, 5.41) is 0. The number of anilines is 1. The zero-order valence-corrected chi connectivity index (χ0v) is 14.5. The van der Waals surface area contributed by atoms with Crippen molar-refractivity contribution >= 4 is 11.9 Å². The van der Waals surface area contributed by atoms with E-state index in [2.05, 4.69) is 14.9 Å². The second-order valence-corrected chi connectivity index (χ2v) is 6.36. The topological polar surface area (TPSA) is 67.8 Å². The molecular formula is C17H26N4O3. The molecular weight excluding hydrogens is 308 g/mol. The van der Waals surface area contributed by atoms with Gasteiger partial charge in [0.1, 0.15) is 6.10 Å². The molecule has 132 valence electrons. The number of nitrogens with zero attached hydrogens (tertiary/aromatic N) is 4. The van der Waals surface area contributed by atoms with E-state index >= 15 is 0 Å². The highest BCUT2D eigenvalue weighted by atomic mass is 16.5. The Morgan fingerprint density at radius 2 is 2.08 bits per heavy atom. The third kappa shape index (κ3) is 4.35. The number of aromatic nitrogens is 2. The van der Waals surface area contributed by atoms with Gasteiger partial charge in [0.05, 0.1) is 13.2 Å². The van der Waals surface area contributed by atoms with Gasteiger partial charge < -0.3 is 19.3 Å². The number of carbonyl (C=O) groups excluding carboxylic acids is 1. The van der Waals surface area contributed by atoms with Gasteiger partial charge in [0.25, 0.3) is 5.91 Å². The fourth-order valence-corrected chi connectivity index (χ4v) is 2.73. The van der Waals surface area contributed by atoms with Crippen LogP contribution in [0.4, 0.5) is 5.95 Å². The maximum absolute atomic E-state index is 12.4. The number of amides is 1. The predicted octanol–water partition coefficient (Wildman–Crippen LogP) is 1.34. The highest BCUT2D eigenvalue weighted by molar-refractivity contribution is 5.80. The molecule has 7 nitrogen and oxygen atoms in total. The lowest BCUT2D eigenvalue weighted by atomic mass is 10.2. The van der Waals surface area contributed by atoms with Gasteiger partial charge in [0.15, 0.2) is 0 Å². The van der Waals surface area contributed by atoms with Crippen molar-refractivity contribution in [1.82, 2.24) is 14.9 Å². The lowest BCUT2D eigenvalue weighted by molar-refractivity contribution is -0.143. The Kier molecular flexibility index (Phi) is 5.50. The minimum atomic E-state index is -0.352. The van der Waals surface area contributed by atoms with Crippen molar-refractivity contribution < 1.29 is 14.3 Å². The van der Waals surface area contributed by atoms with Crippen LogP contribution in [0.3, 0.4) is 0 Å². The summed E-state index contributed by atoms with van der Waals surface area (Å²) in [7, 11) is 0. The molecule has 1 unspecified atom stereocenters. The number of hydrogen-bond acceptors (Lipinski definition) is 6. The van der Waals surface area contributed by atoms with Gasteiger partial charge in [-0.2, -0.15) is 4.98 Å². The molecule has 0 N–H and O–H groups in total. The average molecular weight is 334 g/mol. The summed E-state index contributed by atoms with van der Waals surface area (Å²) >= 11 is 0. The lowest BCUT2D eigenvalue weighted by Crippen LogP contribution is -2.52. The van der Waals surface area contributed by atoms with Gasteiger partial charge in [-0.1, -0.05) is 0 Å². The first-order chi connectivity index (χ1) is 11.7. The van der Waals surface area contributed by atoms with Crippen LogP contribution in [0.2, 0.25) is 0 Å². The second-order valence-electron chi connectivity index (χ2n) is 6.36. The van der Waals surface area contributed by atoms with Crippen molar-refractivity contribution in [3.8, 4) is 5.88 Å². The molecule has 1 aromatic rings. The summed E-state index contributed by atoms with van der Waals surface area (Å²) < 4.78 is 11.1. The SMILES string of the molecule is CCOc1ccnc(N2CCN(C(=O)C(C)OCC3CC3)CC2)n1. The minimum Gasteiger partial charge on any atom is -0.478 e. The normalized spacial score (nSPS) is 19.2. The van der Waals surface area contributed by atoms with E-state index in [0.29, 0.717) is 44.0 Å². The van der Waals surface area contributed by atoms with Crippen LogP contribution in [0.15, 0.2) is 12.3 Å². The van der Waals surface area contributed by atoms with Crippen molar-refractivity contribution in [2.24, 2.45) is 5.92 Å². The molecule has 2 heterocycles. The van der Waals surface area contributed by atoms with E-state index in [0.717, 1.165) is 13.1 Å². The molecule has 1 amide bonds. The summed E-state index contributed by atoms with van der Waals surface area (Å²) in [5.41, 5.74) is 0. The number of ether oxygens (including phenoxy) is 2. The first-order valence-electron chi connectivity index (χ1n) is 8.78. The molecule has 0 aromatic carbocycles. The van der Waals surface area contributed by atoms with E-state index in [-0.39, 0.29) is 12.0 Å². The summed E-state index contributed by atoms with van der Waals surface area (Å²) in [5.74, 6) is 2.00. The fourth-order valence-electron chi connectivity index (χ4n) is 2.73. The van der Waals surface area contributed by atoms with Crippen LogP contribution < -0.4 is 9.64 Å². The summed E-state index contributed by atoms with van der Waals surface area (Å²) in [6.07, 6.45) is 3.83. The Morgan fingerprint density at radius 1 is 1.33 bits per heavy atom. The van der Waals surface area contributed by atoms with Gasteiger partial charge in [0, 0.05) is 38.4 Å². The number of rotatable bonds is 7. The maximum atomic E-state index is 12.4. The second kappa shape index (κ2) is 7.79. The van der Waals surface area contributed by atoms with E-state index in [9.17, 15) is 4.79 Å². The van der Waals surface area contributed by atoms with Crippen LogP contribution >= 0.6 is 0 Å². The standard InChI is InChI=1S/C17H26N4O3/c1-3-23-15-6-7-18-17(19-15)21-10-8-20(9-11-21)16(22)13(2)24-12-14-4-5-14/h6-7,13-14H,3-5,8-12H2,1-2H3. The molecule has 0 spiro atoms. The van der Waals surface area contributed by atoms with Gasteiger partial charge >= 0.3 is 0 Å². The molecule has 1 aromatic heterocycles. The van der Waals surface area contributed by atoms with Gasteiger partial charge in [0.2, 0.25) is 11.8 Å². The van der Waals surface area contributed by atoms with Gasteiger partial charge in [-0.3, -0.25) is 4.79 Å². The molecule has 2 aliphatic rings. The lowest BCUT2D eigenvalue weighted by Gasteiger charge is -2.35. The number of carbonyl (C=O) groups is 1. The quantitative estimate of drug-likeness (QED) is 0.750. The van der Waals surface area contributed by atoms with Crippen LogP contribution in [0, 0.1) is 5.92 Å². The highest BCUT2D eigenvalue weighted by Crippen LogP contribution is 2.29. The molecule has 1 aliphatic heterocycles. The Balaban J connectivity index is 1.49. The summed E-state index contributed by atoms with van der Waals surface area (Å²) in [6, 6.07) is 1.76. The summed E-state index contributed by atoms with van der Waals surface area (Å²) in [4.78, 5) is 25.1. The van der Waals surface area contributed by atoms with E-state index in [1.807, 2.05) is 18.7 Å². The Bertz CT molecular complexity index is 557. The molecule has 1 aliphatic carbocycles. The zero-order chi connectivity index (χ0) is 16.9. The fraction of sp³-hybridized carbons (Fsp3) is 0.706. The van der Waals surface area contributed by atoms with Crippen molar-refractivity contribution in [2.75, 3.05) is 44.3 Å². The first kappa shape index (κ1) is 17.0. The Labute approximate surface area is 143 Å². The van der Waals surface area contributed by atoms with Crippen LogP contribution in [0.1, 0.15) is 26.7 Å². The first-order valence-corrected chi connectivity index (χ1v) is 8.78. The molecule has 24 heavy (non-hydrogen) atoms. The summed E-state index contributed by atoms with van der Waals surface area (Å²) in [6.45, 7) is 7.84. The van der Waals surface area contributed by atoms with Crippen LogP contribution in [0.25, 0.3) is 0 Å². The minimum absolute atomic E-state index is 0.0827. The molecule has 7 heteroatoms. The highest BCUT2D eigenvalue weighted by Gasteiger charge is 2.28. The third-order valence-electron chi connectivity index (χ3n) is 4.41. The molecule has 0 radical (unpaired) electrons. The van der Waals surface area contributed by atoms with Crippen LogP contribution in [-0.4, -0.2) is 66.3 Å². The van der Waals surface area contributed by atoms with E-state index < -0.39 is 0 Å².